The zero-order valence-corrected chi connectivity index (χ0v) is 8.14. The third kappa shape index (κ3) is 3.18. The highest BCUT2D eigenvalue weighted by Gasteiger charge is 2.05. The summed E-state index contributed by atoms with van der Waals surface area (Å²) in [5.41, 5.74) is 0.0699. The zero-order chi connectivity index (χ0) is 10.4. The molecule has 1 N–H and O–H groups in total. The number of carboxylic acid groups (broad SMARTS) is 1. The monoisotopic (exact) mass is 198 g/mol. The molecule has 0 aliphatic rings. The minimum atomic E-state index is -1.00. The van der Waals surface area contributed by atoms with Crippen molar-refractivity contribution in [2.45, 2.75) is 19.9 Å². The quantitative estimate of drug-likeness (QED) is 0.693. The number of carboxylic acids is 1. The molecular formula is C9H14N2O3. The maximum Gasteiger partial charge on any atom is 0.356 e. The van der Waals surface area contributed by atoms with Gasteiger partial charge in [0, 0.05) is 19.3 Å². The van der Waals surface area contributed by atoms with Crippen molar-refractivity contribution in [2.75, 3.05) is 13.2 Å². The van der Waals surface area contributed by atoms with Crippen LogP contribution in [-0.2, 0) is 11.3 Å². The van der Waals surface area contributed by atoms with Crippen LogP contribution in [0.25, 0.3) is 0 Å². The van der Waals surface area contributed by atoms with Crippen LogP contribution in [0.2, 0.25) is 0 Å². The fourth-order valence-corrected chi connectivity index (χ4v) is 1.01. The van der Waals surface area contributed by atoms with Crippen LogP contribution in [0.4, 0.5) is 0 Å². The van der Waals surface area contributed by atoms with E-state index in [0.717, 1.165) is 13.0 Å². The predicted octanol–water partition coefficient (Wildman–Crippen LogP) is 1.01. The Hall–Kier alpha value is -1.36. The summed E-state index contributed by atoms with van der Waals surface area (Å²) in [5.74, 6) is -1.00. The standard InChI is InChI=1S/C9H14N2O3/c1-2-4-14-5-3-11-6-8(9(12)13)10-7-11/h6-7H,2-5H2,1H3,(H,12,13). The molecule has 5 heteroatoms. The number of ether oxygens (including phenoxy) is 1. The van der Waals surface area contributed by atoms with E-state index in [-0.39, 0.29) is 5.69 Å². The molecule has 0 saturated carbocycles. The molecule has 0 radical (unpaired) electrons. The van der Waals surface area contributed by atoms with Gasteiger partial charge in [0.1, 0.15) is 0 Å². The van der Waals surface area contributed by atoms with Gasteiger partial charge in [0.25, 0.3) is 0 Å². The van der Waals surface area contributed by atoms with E-state index in [1.165, 1.54) is 12.5 Å². The highest BCUT2D eigenvalue weighted by molar-refractivity contribution is 5.84. The molecule has 0 spiro atoms. The number of imidazole rings is 1. The zero-order valence-electron chi connectivity index (χ0n) is 8.14. The molecule has 78 valence electrons. The van der Waals surface area contributed by atoms with Gasteiger partial charge >= 0.3 is 5.97 Å². The number of aromatic nitrogens is 2. The van der Waals surface area contributed by atoms with Crippen molar-refractivity contribution in [1.82, 2.24) is 9.55 Å². The second-order valence-corrected chi connectivity index (χ2v) is 2.91. The van der Waals surface area contributed by atoms with Gasteiger partial charge in [0.05, 0.1) is 12.9 Å². The molecule has 0 aliphatic carbocycles. The number of hydrogen-bond donors (Lipinski definition) is 1. The van der Waals surface area contributed by atoms with E-state index in [4.69, 9.17) is 9.84 Å². The fourth-order valence-electron chi connectivity index (χ4n) is 1.01. The first-order chi connectivity index (χ1) is 6.74. The summed E-state index contributed by atoms with van der Waals surface area (Å²) >= 11 is 0. The first kappa shape index (κ1) is 10.7. The van der Waals surface area contributed by atoms with Gasteiger partial charge in [-0.15, -0.1) is 0 Å². The molecule has 1 rings (SSSR count). The third-order valence-electron chi connectivity index (χ3n) is 1.69. The summed E-state index contributed by atoms with van der Waals surface area (Å²) in [6.07, 6.45) is 3.99. The molecule has 0 atom stereocenters. The van der Waals surface area contributed by atoms with E-state index in [1.54, 1.807) is 4.57 Å². The van der Waals surface area contributed by atoms with Gasteiger partial charge in [0.15, 0.2) is 5.69 Å². The molecule has 0 unspecified atom stereocenters. The summed E-state index contributed by atoms with van der Waals surface area (Å²) in [7, 11) is 0. The largest absolute Gasteiger partial charge is 0.476 e. The van der Waals surface area contributed by atoms with Crippen LogP contribution in [0.15, 0.2) is 12.5 Å². The maximum absolute atomic E-state index is 10.5. The second-order valence-electron chi connectivity index (χ2n) is 2.91. The van der Waals surface area contributed by atoms with Crippen molar-refractivity contribution >= 4 is 5.97 Å². The number of rotatable bonds is 6. The first-order valence-electron chi connectivity index (χ1n) is 4.57. The van der Waals surface area contributed by atoms with Gasteiger partial charge in [-0.1, -0.05) is 6.92 Å². The average Bonchev–Trinajstić information content (AvgIpc) is 2.61. The molecule has 14 heavy (non-hydrogen) atoms. The Labute approximate surface area is 82.3 Å². The van der Waals surface area contributed by atoms with Crippen molar-refractivity contribution in [1.29, 1.82) is 0 Å². The van der Waals surface area contributed by atoms with Crippen molar-refractivity contribution in [2.24, 2.45) is 0 Å². The summed E-state index contributed by atoms with van der Waals surface area (Å²) in [5, 5.41) is 8.60. The van der Waals surface area contributed by atoms with Gasteiger partial charge < -0.3 is 14.4 Å². The van der Waals surface area contributed by atoms with Crippen molar-refractivity contribution in [3.8, 4) is 0 Å². The number of hydrogen-bond acceptors (Lipinski definition) is 3. The Morgan fingerprint density at radius 3 is 3.00 bits per heavy atom. The Morgan fingerprint density at radius 1 is 1.64 bits per heavy atom. The SMILES string of the molecule is CCCOCCn1cnc(C(=O)O)c1. The van der Waals surface area contributed by atoms with E-state index >= 15 is 0 Å². The molecule has 5 nitrogen and oxygen atoms in total. The van der Waals surface area contributed by atoms with Gasteiger partial charge in [-0.3, -0.25) is 0 Å². The smallest absolute Gasteiger partial charge is 0.356 e. The molecule has 0 saturated heterocycles. The highest BCUT2D eigenvalue weighted by atomic mass is 16.5. The van der Waals surface area contributed by atoms with E-state index in [9.17, 15) is 4.79 Å². The van der Waals surface area contributed by atoms with Crippen molar-refractivity contribution in [3.05, 3.63) is 18.2 Å². The molecule has 0 fully saturated rings. The lowest BCUT2D eigenvalue weighted by molar-refractivity contribution is 0.0690. The topological polar surface area (TPSA) is 64.4 Å². The molecule has 0 aromatic carbocycles. The van der Waals surface area contributed by atoms with E-state index in [0.29, 0.717) is 13.2 Å². The molecule has 0 aliphatic heterocycles. The van der Waals surface area contributed by atoms with Crippen LogP contribution in [-0.4, -0.2) is 33.8 Å². The summed E-state index contributed by atoms with van der Waals surface area (Å²) in [4.78, 5) is 14.2. The van der Waals surface area contributed by atoms with Crippen LogP contribution in [0.1, 0.15) is 23.8 Å². The summed E-state index contributed by atoms with van der Waals surface area (Å²) in [6.45, 7) is 4.00. The lowest BCUT2D eigenvalue weighted by Gasteiger charge is -2.02. The second kappa shape index (κ2) is 5.39. The number of carbonyl (C=O) groups is 1. The molecule has 1 aromatic heterocycles. The number of nitrogens with zero attached hydrogens (tertiary/aromatic N) is 2. The lowest BCUT2D eigenvalue weighted by atomic mass is 10.5. The lowest BCUT2D eigenvalue weighted by Crippen LogP contribution is -2.04. The molecule has 0 amide bonds. The minimum Gasteiger partial charge on any atom is -0.476 e. The van der Waals surface area contributed by atoms with E-state index < -0.39 is 5.97 Å². The Bertz CT molecular complexity index is 296. The highest BCUT2D eigenvalue weighted by Crippen LogP contribution is 1.96. The Balaban J connectivity index is 2.33. The third-order valence-corrected chi connectivity index (χ3v) is 1.69. The molecule has 1 aromatic rings. The van der Waals surface area contributed by atoms with Crippen molar-refractivity contribution in [3.63, 3.8) is 0 Å². The van der Waals surface area contributed by atoms with Crippen LogP contribution in [0.3, 0.4) is 0 Å². The first-order valence-corrected chi connectivity index (χ1v) is 4.57. The predicted molar refractivity (Wildman–Crippen MR) is 50.3 cm³/mol. The normalized spacial score (nSPS) is 10.4. The molecule has 0 bridgehead atoms. The Kier molecular flexibility index (Phi) is 4.12. The van der Waals surface area contributed by atoms with E-state index in [2.05, 4.69) is 4.98 Å². The summed E-state index contributed by atoms with van der Waals surface area (Å²) in [6, 6.07) is 0. The molecule has 1 heterocycles. The van der Waals surface area contributed by atoms with Crippen molar-refractivity contribution < 1.29 is 14.6 Å². The molecular weight excluding hydrogens is 184 g/mol. The minimum absolute atomic E-state index is 0.0699. The maximum atomic E-state index is 10.5. The number of aromatic carboxylic acids is 1. The summed E-state index contributed by atoms with van der Waals surface area (Å²) < 4.78 is 6.97. The van der Waals surface area contributed by atoms with Crippen LogP contribution < -0.4 is 0 Å². The van der Waals surface area contributed by atoms with Gasteiger partial charge in [-0.2, -0.15) is 0 Å². The fraction of sp³-hybridized carbons (Fsp3) is 0.556. The van der Waals surface area contributed by atoms with Gasteiger partial charge in [-0.25, -0.2) is 9.78 Å². The Morgan fingerprint density at radius 2 is 2.43 bits per heavy atom. The van der Waals surface area contributed by atoms with E-state index in [1.807, 2.05) is 6.92 Å². The van der Waals surface area contributed by atoms with Crippen LogP contribution >= 0.6 is 0 Å². The average molecular weight is 198 g/mol. The van der Waals surface area contributed by atoms with Gasteiger partial charge in [-0.05, 0) is 6.42 Å². The van der Waals surface area contributed by atoms with Gasteiger partial charge in [0.2, 0.25) is 0 Å². The van der Waals surface area contributed by atoms with Crippen LogP contribution in [0.5, 0.6) is 0 Å². The van der Waals surface area contributed by atoms with Crippen LogP contribution in [0, 0.1) is 0 Å².